The van der Waals surface area contributed by atoms with Crippen LogP contribution in [0, 0.1) is 5.92 Å². The molecule has 1 aromatic rings. The Bertz CT molecular complexity index is 712. The minimum atomic E-state index is -0.863. The Morgan fingerprint density at radius 1 is 1.30 bits per heavy atom. The zero-order valence-corrected chi connectivity index (χ0v) is 16.2. The number of amides is 1. The second kappa shape index (κ2) is 7.76. The van der Waals surface area contributed by atoms with Gasteiger partial charge in [-0.2, -0.15) is 0 Å². The number of carbonyl (C=O) groups is 2. The van der Waals surface area contributed by atoms with Gasteiger partial charge < -0.3 is 19.5 Å². The van der Waals surface area contributed by atoms with Gasteiger partial charge in [0.1, 0.15) is 0 Å². The third kappa shape index (κ3) is 3.60. The smallest absolute Gasteiger partial charge is 0.309 e. The number of carbonyl (C=O) groups excluding carboxylic acids is 1. The molecule has 2 heterocycles. The van der Waals surface area contributed by atoms with Gasteiger partial charge in [0.15, 0.2) is 11.5 Å². The van der Waals surface area contributed by atoms with E-state index in [-0.39, 0.29) is 12.3 Å². The van der Waals surface area contributed by atoms with Gasteiger partial charge in [-0.05, 0) is 37.5 Å². The molecule has 0 saturated carbocycles. The number of methoxy groups -OCH3 is 1. The highest BCUT2D eigenvalue weighted by molar-refractivity contribution is 5.88. The predicted molar refractivity (Wildman–Crippen MR) is 99.9 cm³/mol. The molecule has 7 nitrogen and oxygen atoms in total. The van der Waals surface area contributed by atoms with Crippen molar-refractivity contribution in [1.29, 1.82) is 0 Å². The number of benzene rings is 1. The molecule has 1 unspecified atom stereocenters. The summed E-state index contributed by atoms with van der Waals surface area (Å²) in [6.45, 7) is 4.79. The minimum absolute atomic E-state index is 0.0626. The molecule has 2 aliphatic rings. The van der Waals surface area contributed by atoms with Crippen molar-refractivity contribution in [1.82, 2.24) is 9.80 Å². The largest absolute Gasteiger partial charge is 0.493 e. The standard InChI is InChI=1S/C20H28N2O5/c1-4-27-17-11-14(5-6-16(17)26-3)13-22-9-7-20(8-10-22)15(19(24)25)12-18(23)21(20)2/h5-6,11,15H,4,7-10,12-13H2,1-3H3,(H,24,25). The van der Waals surface area contributed by atoms with Crippen LogP contribution >= 0.6 is 0 Å². The van der Waals surface area contributed by atoms with Crippen molar-refractivity contribution in [3.63, 3.8) is 0 Å². The quantitative estimate of drug-likeness (QED) is 0.818. The fourth-order valence-corrected chi connectivity index (χ4v) is 4.43. The molecule has 148 valence electrons. The van der Waals surface area contributed by atoms with Gasteiger partial charge in [0.2, 0.25) is 5.91 Å². The molecule has 2 saturated heterocycles. The monoisotopic (exact) mass is 376 g/mol. The Kier molecular flexibility index (Phi) is 5.60. The fourth-order valence-electron chi connectivity index (χ4n) is 4.43. The lowest BCUT2D eigenvalue weighted by Gasteiger charge is -2.45. The van der Waals surface area contributed by atoms with E-state index in [4.69, 9.17) is 9.47 Å². The Hall–Kier alpha value is -2.28. The van der Waals surface area contributed by atoms with Crippen molar-refractivity contribution in [3.05, 3.63) is 23.8 Å². The minimum Gasteiger partial charge on any atom is -0.493 e. The summed E-state index contributed by atoms with van der Waals surface area (Å²) in [6, 6.07) is 5.94. The maximum Gasteiger partial charge on any atom is 0.309 e. The molecule has 3 rings (SSSR count). The van der Waals surface area contributed by atoms with Crippen molar-refractivity contribution in [2.75, 3.05) is 33.9 Å². The summed E-state index contributed by atoms with van der Waals surface area (Å²) < 4.78 is 11.0. The van der Waals surface area contributed by atoms with Crippen LogP contribution in [0.1, 0.15) is 31.7 Å². The highest BCUT2D eigenvalue weighted by Crippen LogP contribution is 2.43. The first kappa shape index (κ1) is 19.5. The molecule has 2 aliphatic heterocycles. The lowest BCUT2D eigenvalue weighted by Crippen LogP contribution is -2.55. The lowest BCUT2D eigenvalue weighted by atomic mass is 9.77. The Morgan fingerprint density at radius 2 is 2.00 bits per heavy atom. The van der Waals surface area contributed by atoms with Crippen LogP contribution in [-0.2, 0) is 16.1 Å². The van der Waals surface area contributed by atoms with Gasteiger partial charge in [-0.15, -0.1) is 0 Å². The number of carboxylic acids is 1. The van der Waals surface area contributed by atoms with E-state index in [1.165, 1.54) is 0 Å². The van der Waals surface area contributed by atoms with Crippen LogP contribution < -0.4 is 9.47 Å². The van der Waals surface area contributed by atoms with Gasteiger partial charge in [-0.25, -0.2) is 0 Å². The van der Waals surface area contributed by atoms with E-state index in [0.717, 1.165) is 30.9 Å². The van der Waals surface area contributed by atoms with Crippen LogP contribution in [-0.4, -0.2) is 66.2 Å². The summed E-state index contributed by atoms with van der Waals surface area (Å²) in [4.78, 5) is 27.8. The molecular formula is C20H28N2O5. The van der Waals surface area contributed by atoms with Crippen molar-refractivity contribution in [2.24, 2.45) is 5.92 Å². The lowest BCUT2D eigenvalue weighted by molar-refractivity contribution is -0.146. The number of piperidine rings is 1. The Morgan fingerprint density at radius 3 is 2.59 bits per heavy atom. The van der Waals surface area contributed by atoms with Gasteiger partial charge in [-0.1, -0.05) is 6.07 Å². The summed E-state index contributed by atoms with van der Waals surface area (Å²) in [5.41, 5.74) is 0.580. The number of hydrogen-bond donors (Lipinski definition) is 1. The Labute approximate surface area is 159 Å². The molecule has 27 heavy (non-hydrogen) atoms. The van der Waals surface area contributed by atoms with Gasteiger partial charge in [0.05, 0.1) is 25.2 Å². The van der Waals surface area contributed by atoms with Crippen LogP contribution in [0.2, 0.25) is 0 Å². The average molecular weight is 376 g/mol. The number of nitrogens with zero attached hydrogens (tertiary/aromatic N) is 2. The SMILES string of the molecule is CCOc1cc(CN2CCC3(CC2)C(C(=O)O)CC(=O)N3C)ccc1OC. The van der Waals surface area contributed by atoms with Crippen molar-refractivity contribution in [2.45, 2.75) is 38.3 Å². The number of ether oxygens (including phenoxy) is 2. The number of rotatable bonds is 6. The summed E-state index contributed by atoms with van der Waals surface area (Å²) >= 11 is 0. The molecule has 1 amide bonds. The van der Waals surface area contributed by atoms with Gasteiger partial charge in [0.25, 0.3) is 0 Å². The molecule has 0 bridgehead atoms. The maximum atomic E-state index is 12.1. The van der Waals surface area contributed by atoms with Crippen LogP contribution in [0.4, 0.5) is 0 Å². The molecule has 0 radical (unpaired) electrons. The molecule has 7 heteroatoms. The van der Waals surface area contributed by atoms with E-state index in [1.807, 2.05) is 25.1 Å². The van der Waals surface area contributed by atoms with Crippen molar-refractivity contribution < 1.29 is 24.2 Å². The molecular weight excluding hydrogens is 348 g/mol. The van der Waals surface area contributed by atoms with Crippen LogP contribution in [0.25, 0.3) is 0 Å². The predicted octanol–water partition coefficient (Wildman–Crippen LogP) is 1.99. The van der Waals surface area contributed by atoms with Gasteiger partial charge in [-0.3, -0.25) is 14.5 Å². The number of aliphatic carboxylic acids is 1. The molecule has 1 atom stereocenters. The normalized spacial score (nSPS) is 22.3. The van der Waals surface area contributed by atoms with Crippen LogP contribution in [0.15, 0.2) is 18.2 Å². The zero-order valence-electron chi connectivity index (χ0n) is 16.2. The summed E-state index contributed by atoms with van der Waals surface area (Å²) in [5, 5.41) is 9.58. The first-order valence-electron chi connectivity index (χ1n) is 9.43. The highest BCUT2D eigenvalue weighted by Gasteiger charge is 2.55. The van der Waals surface area contributed by atoms with Crippen molar-refractivity contribution in [3.8, 4) is 11.5 Å². The van der Waals surface area contributed by atoms with E-state index < -0.39 is 17.4 Å². The molecule has 1 N–H and O–H groups in total. The summed E-state index contributed by atoms with van der Waals surface area (Å²) in [6.07, 6.45) is 1.48. The Balaban J connectivity index is 1.68. The van der Waals surface area contributed by atoms with E-state index in [9.17, 15) is 14.7 Å². The highest BCUT2D eigenvalue weighted by atomic mass is 16.5. The van der Waals surface area contributed by atoms with E-state index in [1.54, 1.807) is 19.1 Å². The van der Waals surface area contributed by atoms with Gasteiger partial charge in [0, 0.05) is 33.1 Å². The second-order valence-corrected chi connectivity index (χ2v) is 7.35. The molecule has 2 fully saturated rings. The molecule has 0 aliphatic carbocycles. The third-order valence-corrected chi connectivity index (χ3v) is 6.02. The van der Waals surface area contributed by atoms with E-state index in [2.05, 4.69) is 4.90 Å². The molecule has 1 spiro atoms. The fraction of sp³-hybridized carbons (Fsp3) is 0.600. The topological polar surface area (TPSA) is 79.3 Å². The molecule has 1 aromatic carbocycles. The first-order chi connectivity index (χ1) is 12.9. The second-order valence-electron chi connectivity index (χ2n) is 7.35. The van der Waals surface area contributed by atoms with Crippen LogP contribution in [0.5, 0.6) is 11.5 Å². The first-order valence-corrected chi connectivity index (χ1v) is 9.43. The summed E-state index contributed by atoms with van der Waals surface area (Å²) in [7, 11) is 3.37. The summed E-state index contributed by atoms with van der Waals surface area (Å²) in [5.74, 6) is -0.0839. The van der Waals surface area contributed by atoms with E-state index >= 15 is 0 Å². The van der Waals surface area contributed by atoms with E-state index in [0.29, 0.717) is 25.2 Å². The zero-order chi connectivity index (χ0) is 19.6. The van der Waals surface area contributed by atoms with Crippen molar-refractivity contribution >= 4 is 11.9 Å². The van der Waals surface area contributed by atoms with Crippen LogP contribution in [0.3, 0.4) is 0 Å². The van der Waals surface area contributed by atoms with Gasteiger partial charge >= 0.3 is 5.97 Å². The molecule has 0 aromatic heterocycles. The maximum absolute atomic E-state index is 12.1. The number of hydrogen-bond acceptors (Lipinski definition) is 5. The third-order valence-electron chi connectivity index (χ3n) is 6.02. The average Bonchev–Trinajstić information content (AvgIpc) is 2.90. The number of carboxylic acid groups (broad SMARTS) is 1. The number of likely N-dealkylation sites (tertiary alicyclic amines) is 2.